The fourth-order valence-electron chi connectivity index (χ4n) is 1.84. The van der Waals surface area contributed by atoms with E-state index < -0.39 is 0 Å². The molecule has 0 fully saturated rings. The highest BCUT2D eigenvalue weighted by Crippen LogP contribution is 2.24. The van der Waals surface area contributed by atoms with Gasteiger partial charge in [-0.05, 0) is 32.1 Å². The third kappa shape index (κ3) is 4.18. The van der Waals surface area contributed by atoms with Gasteiger partial charge in [-0.25, -0.2) is 4.98 Å². The number of hydrogen-bond acceptors (Lipinski definition) is 6. The van der Waals surface area contributed by atoms with Crippen molar-refractivity contribution < 1.29 is 13.9 Å². The maximum atomic E-state index is 11.0. The second-order valence-corrected chi connectivity index (χ2v) is 5.40. The molecule has 0 aromatic carbocycles. The average Bonchev–Trinajstić information content (AvgIpc) is 3.08. The van der Waals surface area contributed by atoms with Gasteiger partial charge in [0, 0.05) is 18.3 Å². The zero-order chi connectivity index (χ0) is 14.4. The molecular formula is C14H18N2O3S. The molecule has 2 rings (SSSR count). The Morgan fingerprint density at radius 2 is 2.40 bits per heavy atom. The van der Waals surface area contributed by atoms with E-state index in [9.17, 15) is 4.79 Å². The van der Waals surface area contributed by atoms with E-state index in [4.69, 9.17) is 4.42 Å². The third-order valence-electron chi connectivity index (χ3n) is 2.86. The van der Waals surface area contributed by atoms with Gasteiger partial charge in [0.2, 0.25) is 0 Å². The molecule has 2 aromatic heterocycles. The van der Waals surface area contributed by atoms with Crippen molar-refractivity contribution in [3.8, 4) is 10.8 Å². The molecule has 0 unspecified atom stereocenters. The lowest BCUT2D eigenvalue weighted by molar-refractivity contribution is -0.140. The monoisotopic (exact) mass is 294 g/mol. The van der Waals surface area contributed by atoms with E-state index in [1.807, 2.05) is 24.6 Å². The van der Waals surface area contributed by atoms with Crippen LogP contribution in [0, 0.1) is 0 Å². The number of ether oxygens (including phenoxy) is 1. The summed E-state index contributed by atoms with van der Waals surface area (Å²) in [6.45, 7) is 1.60. The van der Waals surface area contributed by atoms with E-state index in [1.165, 1.54) is 7.11 Å². The van der Waals surface area contributed by atoms with Crippen LogP contribution < -0.4 is 0 Å². The van der Waals surface area contributed by atoms with Crippen molar-refractivity contribution in [2.45, 2.75) is 19.4 Å². The van der Waals surface area contributed by atoms with E-state index in [2.05, 4.69) is 14.6 Å². The summed E-state index contributed by atoms with van der Waals surface area (Å²) in [5, 5.41) is 2.93. The summed E-state index contributed by atoms with van der Waals surface area (Å²) >= 11 is 1.58. The Kier molecular flexibility index (Phi) is 5.31. The minimum atomic E-state index is -0.160. The SMILES string of the molecule is COC(=O)CCCN(C)Cc1csc(-c2ccco2)n1. The molecule has 0 N–H and O–H groups in total. The number of aromatic nitrogens is 1. The molecule has 0 saturated heterocycles. The number of methoxy groups -OCH3 is 1. The van der Waals surface area contributed by atoms with Crippen LogP contribution in [0.1, 0.15) is 18.5 Å². The van der Waals surface area contributed by atoms with Gasteiger partial charge in [0.25, 0.3) is 0 Å². The van der Waals surface area contributed by atoms with Crippen molar-refractivity contribution >= 4 is 17.3 Å². The molecule has 0 bridgehead atoms. The Labute approximate surface area is 122 Å². The quantitative estimate of drug-likeness (QED) is 0.735. The van der Waals surface area contributed by atoms with Crippen LogP contribution in [0.4, 0.5) is 0 Å². The van der Waals surface area contributed by atoms with Crippen LogP contribution in [0.2, 0.25) is 0 Å². The van der Waals surface area contributed by atoms with Crippen LogP contribution in [0.3, 0.4) is 0 Å². The highest BCUT2D eigenvalue weighted by molar-refractivity contribution is 7.13. The first-order chi connectivity index (χ1) is 9.69. The second kappa shape index (κ2) is 7.21. The Morgan fingerprint density at radius 1 is 1.55 bits per heavy atom. The van der Waals surface area contributed by atoms with Crippen molar-refractivity contribution in [3.05, 3.63) is 29.5 Å². The fraction of sp³-hybridized carbons (Fsp3) is 0.429. The topological polar surface area (TPSA) is 55.6 Å². The van der Waals surface area contributed by atoms with E-state index in [0.29, 0.717) is 6.42 Å². The standard InChI is InChI=1S/C14H18N2O3S/c1-16(7-3-6-13(17)18-2)9-11-10-20-14(15-11)12-5-4-8-19-12/h4-5,8,10H,3,6-7,9H2,1-2H3. The van der Waals surface area contributed by atoms with Gasteiger partial charge in [0.1, 0.15) is 0 Å². The van der Waals surface area contributed by atoms with Gasteiger partial charge in [0.15, 0.2) is 10.8 Å². The van der Waals surface area contributed by atoms with E-state index >= 15 is 0 Å². The van der Waals surface area contributed by atoms with Gasteiger partial charge >= 0.3 is 5.97 Å². The third-order valence-corrected chi connectivity index (χ3v) is 3.77. The Hall–Kier alpha value is -1.66. The number of rotatable bonds is 7. The molecule has 20 heavy (non-hydrogen) atoms. The predicted octanol–water partition coefficient (Wildman–Crippen LogP) is 2.79. The first-order valence-electron chi connectivity index (χ1n) is 6.42. The molecule has 0 saturated carbocycles. The number of thiazole rings is 1. The minimum absolute atomic E-state index is 0.160. The minimum Gasteiger partial charge on any atom is -0.469 e. The second-order valence-electron chi connectivity index (χ2n) is 4.54. The summed E-state index contributed by atoms with van der Waals surface area (Å²) in [4.78, 5) is 17.7. The Bertz CT molecular complexity index is 536. The molecular weight excluding hydrogens is 276 g/mol. The molecule has 6 heteroatoms. The molecule has 0 atom stereocenters. The summed E-state index contributed by atoms with van der Waals surface area (Å²) in [6.07, 6.45) is 2.89. The number of esters is 1. The summed E-state index contributed by atoms with van der Waals surface area (Å²) in [5.74, 6) is 0.641. The van der Waals surface area contributed by atoms with Gasteiger partial charge < -0.3 is 14.1 Å². The summed E-state index contributed by atoms with van der Waals surface area (Å²) in [5.41, 5.74) is 1.02. The van der Waals surface area contributed by atoms with Crippen molar-refractivity contribution in [2.24, 2.45) is 0 Å². The maximum Gasteiger partial charge on any atom is 0.305 e. The molecule has 2 aromatic rings. The Morgan fingerprint density at radius 3 is 3.10 bits per heavy atom. The summed E-state index contributed by atoms with van der Waals surface area (Å²) < 4.78 is 9.94. The van der Waals surface area contributed by atoms with Gasteiger partial charge in [-0.15, -0.1) is 11.3 Å². The first kappa shape index (κ1) is 14.7. The number of furan rings is 1. The number of carbonyl (C=O) groups is 1. The van der Waals surface area contributed by atoms with Gasteiger partial charge in [-0.3, -0.25) is 4.79 Å². The van der Waals surface area contributed by atoms with Crippen molar-refractivity contribution in [1.29, 1.82) is 0 Å². The van der Waals surface area contributed by atoms with Gasteiger partial charge in [-0.2, -0.15) is 0 Å². The number of nitrogens with zero attached hydrogens (tertiary/aromatic N) is 2. The fourth-order valence-corrected chi connectivity index (χ4v) is 2.62. The number of carbonyl (C=O) groups excluding carboxylic acids is 1. The maximum absolute atomic E-state index is 11.0. The molecule has 108 valence electrons. The molecule has 0 aliphatic carbocycles. The molecule has 5 nitrogen and oxygen atoms in total. The highest BCUT2D eigenvalue weighted by Gasteiger charge is 2.09. The lowest BCUT2D eigenvalue weighted by atomic mass is 10.3. The van der Waals surface area contributed by atoms with Crippen LogP contribution in [-0.4, -0.2) is 36.6 Å². The summed E-state index contributed by atoms with van der Waals surface area (Å²) in [7, 11) is 3.43. The predicted molar refractivity (Wildman–Crippen MR) is 77.4 cm³/mol. The molecule has 0 spiro atoms. The Balaban J connectivity index is 1.80. The smallest absolute Gasteiger partial charge is 0.305 e. The molecule has 0 amide bonds. The average molecular weight is 294 g/mol. The molecule has 0 aliphatic rings. The zero-order valence-electron chi connectivity index (χ0n) is 11.7. The normalized spacial score (nSPS) is 10.9. The van der Waals surface area contributed by atoms with E-state index in [1.54, 1.807) is 17.6 Å². The van der Waals surface area contributed by atoms with Crippen LogP contribution in [0.25, 0.3) is 10.8 Å². The summed E-state index contributed by atoms with van der Waals surface area (Å²) in [6, 6.07) is 3.76. The highest BCUT2D eigenvalue weighted by atomic mass is 32.1. The van der Waals surface area contributed by atoms with Crippen molar-refractivity contribution in [1.82, 2.24) is 9.88 Å². The van der Waals surface area contributed by atoms with Crippen LogP contribution in [-0.2, 0) is 16.1 Å². The lowest BCUT2D eigenvalue weighted by Gasteiger charge is -2.14. The van der Waals surface area contributed by atoms with Crippen LogP contribution in [0.15, 0.2) is 28.2 Å². The molecule has 0 radical (unpaired) electrons. The molecule has 2 heterocycles. The van der Waals surface area contributed by atoms with E-state index in [-0.39, 0.29) is 5.97 Å². The van der Waals surface area contributed by atoms with Crippen LogP contribution >= 0.6 is 11.3 Å². The van der Waals surface area contributed by atoms with Gasteiger partial charge in [0.05, 0.1) is 19.1 Å². The van der Waals surface area contributed by atoms with Crippen molar-refractivity contribution in [3.63, 3.8) is 0 Å². The first-order valence-corrected chi connectivity index (χ1v) is 7.30. The largest absolute Gasteiger partial charge is 0.469 e. The van der Waals surface area contributed by atoms with Crippen LogP contribution in [0.5, 0.6) is 0 Å². The lowest BCUT2D eigenvalue weighted by Crippen LogP contribution is -2.20. The number of hydrogen-bond donors (Lipinski definition) is 0. The van der Waals surface area contributed by atoms with Crippen molar-refractivity contribution in [2.75, 3.05) is 20.7 Å². The zero-order valence-corrected chi connectivity index (χ0v) is 12.5. The van der Waals surface area contributed by atoms with Gasteiger partial charge in [-0.1, -0.05) is 0 Å². The molecule has 0 aliphatic heterocycles. The van der Waals surface area contributed by atoms with E-state index in [0.717, 1.165) is 36.0 Å².